The van der Waals surface area contributed by atoms with Crippen LogP contribution < -0.4 is 0 Å². The zero-order valence-corrected chi connectivity index (χ0v) is 13.0. The summed E-state index contributed by atoms with van der Waals surface area (Å²) in [5.41, 5.74) is 4.17. The van der Waals surface area contributed by atoms with Gasteiger partial charge in [0.2, 0.25) is 0 Å². The van der Waals surface area contributed by atoms with Crippen molar-refractivity contribution in [1.82, 2.24) is 0 Å². The van der Waals surface area contributed by atoms with E-state index in [1.54, 1.807) is 11.1 Å². The Balaban J connectivity index is 2.65. The smallest absolute Gasteiger partial charge is 0.00432 e. The molecule has 0 radical (unpaired) electrons. The molecule has 0 aromatic heterocycles. The van der Waals surface area contributed by atoms with Gasteiger partial charge in [-0.15, -0.1) is 0 Å². The zero-order chi connectivity index (χ0) is 12.4. The molecule has 0 saturated carbocycles. The lowest BCUT2D eigenvalue weighted by atomic mass is 9.58. The molecule has 16 heavy (non-hydrogen) atoms. The fourth-order valence-corrected chi connectivity index (χ4v) is 3.82. The topological polar surface area (TPSA) is 0 Å². The van der Waals surface area contributed by atoms with Gasteiger partial charge in [-0.1, -0.05) is 63.0 Å². The fourth-order valence-electron chi connectivity index (χ4n) is 3.40. The van der Waals surface area contributed by atoms with Crippen LogP contribution in [-0.4, -0.2) is 0 Å². The lowest BCUT2D eigenvalue weighted by Gasteiger charge is -2.46. The maximum atomic E-state index is 3.68. The van der Waals surface area contributed by atoms with Crippen molar-refractivity contribution in [3.05, 3.63) is 21.7 Å². The molecule has 90 valence electrons. The molecule has 0 aromatic rings. The third kappa shape index (κ3) is 1.27. The van der Waals surface area contributed by atoms with Gasteiger partial charge in [-0.05, 0) is 45.2 Å². The minimum absolute atomic E-state index is 0.269. The molecule has 0 saturated heterocycles. The van der Waals surface area contributed by atoms with E-state index in [0.29, 0.717) is 10.8 Å². The van der Waals surface area contributed by atoms with Crippen molar-refractivity contribution >= 4 is 15.9 Å². The Bertz CT molecular complexity index is 392. The SMILES string of the molecule is CC1(C)C2=C(CCC(Br)=C2)C(C)(C)C1(C)C. The minimum atomic E-state index is 0.269. The van der Waals surface area contributed by atoms with E-state index in [4.69, 9.17) is 0 Å². The largest absolute Gasteiger partial charge is 0.0599 e. The Morgan fingerprint density at radius 3 is 2.06 bits per heavy atom. The first-order valence-corrected chi connectivity index (χ1v) is 7.02. The van der Waals surface area contributed by atoms with Gasteiger partial charge in [-0.2, -0.15) is 0 Å². The van der Waals surface area contributed by atoms with Crippen LogP contribution in [0.1, 0.15) is 54.4 Å². The summed E-state index contributed by atoms with van der Waals surface area (Å²) in [4.78, 5) is 0. The lowest BCUT2D eigenvalue weighted by Crippen LogP contribution is -2.39. The van der Waals surface area contributed by atoms with Crippen LogP contribution >= 0.6 is 15.9 Å². The van der Waals surface area contributed by atoms with Gasteiger partial charge >= 0.3 is 0 Å². The zero-order valence-electron chi connectivity index (χ0n) is 11.4. The molecule has 1 heteroatoms. The first kappa shape index (κ1) is 12.4. The van der Waals surface area contributed by atoms with E-state index >= 15 is 0 Å². The number of halogens is 1. The van der Waals surface area contributed by atoms with Crippen molar-refractivity contribution in [2.75, 3.05) is 0 Å². The standard InChI is InChI=1S/C15H23Br/c1-13(2)11-8-7-10(16)9-12(11)14(3,4)15(13,5)6/h9H,7-8H2,1-6H3. The maximum Gasteiger partial charge on any atom is -0.00432 e. The Morgan fingerprint density at radius 2 is 1.50 bits per heavy atom. The molecule has 0 nitrogen and oxygen atoms in total. The van der Waals surface area contributed by atoms with Crippen molar-refractivity contribution in [2.24, 2.45) is 16.2 Å². The summed E-state index contributed by atoms with van der Waals surface area (Å²) < 4.78 is 1.37. The second-order valence-corrected chi connectivity index (χ2v) is 7.88. The summed E-state index contributed by atoms with van der Waals surface area (Å²) in [6.45, 7) is 14.5. The Kier molecular flexibility index (Phi) is 2.52. The molecule has 2 rings (SSSR count). The second kappa shape index (κ2) is 3.25. The van der Waals surface area contributed by atoms with Crippen LogP contribution in [0.3, 0.4) is 0 Å². The molecule has 0 atom stereocenters. The van der Waals surface area contributed by atoms with E-state index in [0.717, 1.165) is 0 Å². The predicted molar refractivity (Wildman–Crippen MR) is 74.6 cm³/mol. The second-order valence-electron chi connectivity index (χ2n) is 6.86. The van der Waals surface area contributed by atoms with Crippen LogP contribution in [-0.2, 0) is 0 Å². The molecule has 0 unspecified atom stereocenters. The van der Waals surface area contributed by atoms with Gasteiger partial charge in [0.05, 0.1) is 0 Å². The van der Waals surface area contributed by atoms with Gasteiger partial charge in [0.1, 0.15) is 0 Å². The van der Waals surface area contributed by atoms with Crippen LogP contribution in [0.5, 0.6) is 0 Å². The van der Waals surface area contributed by atoms with E-state index < -0.39 is 0 Å². The normalized spacial score (nSPS) is 30.1. The highest BCUT2D eigenvalue weighted by atomic mass is 79.9. The molecule has 0 aliphatic heterocycles. The van der Waals surface area contributed by atoms with E-state index in [1.807, 2.05) is 0 Å². The fraction of sp³-hybridized carbons (Fsp3) is 0.733. The lowest BCUT2D eigenvalue weighted by molar-refractivity contribution is 0.0622. The van der Waals surface area contributed by atoms with E-state index in [1.165, 1.54) is 17.3 Å². The molecular weight excluding hydrogens is 260 g/mol. The molecular formula is C15H23Br. The van der Waals surface area contributed by atoms with Crippen LogP contribution in [0.2, 0.25) is 0 Å². The minimum Gasteiger partial charge on any atom is -0.0599 e. The molecule has 0 fully saturated rings. The Labute approximate surface area is 108 Å². The first-order chi connectivity index (χ1) is 7.12. The maximum absolute atomic E-state index is 3.68. The van der Waals surface area contributed by atoms with Gasteiger partial charge in [-0.3, -0.25) is 0 Å². The highest BCUT2D eigenvalue weighted by molar-refractivity contribution is 9.11. The van der Waals surface area contributed by atoms with Crippen molar-refractivity contribution < 1.29 is 0 Å². The van der Waals surface area contributed by atoms with Crippen molar-refractivity contribution in [3.8, 4) is 0 Å². The average molecular weight is 283 g/mol. The van der Waals surface area contributed by atoms with Crippen molar-refractivity contribution in [3.63, 3.8) is 0 Å². The third-order valence-corrected chi connectivity index (χ3v) is 6.42. The van der Waals surface area contributed by atoms with E-state index in [9.17, 15) is 0 Å². The molecule has 0 aromatic carbocycles. The van der Waals surface area contributed by atoms with Crippen molar-refractivity contribution in [1.29, 1.82) is 0 Å². The average Bonchev–Trinajstić information content (AvgIpc) is 2.24. The van der Waals surface area contributed by atoms with E-state index in [2.05, 4.69) is 63.5 Å². The highest BCUT2D eigenvalue weighted by Gasteiger charge is 2.57. The molecule has 0 spiro atoms. The van der Waals surface area contributed by atoms with Gasteiger partial charge in [0, 0.05) is 0 Å². The number of hydrogen-bond donors (Lipinski definition) is 0. The number of hydrogen-bond acceptors (Lipinski definition) is 0. The Hall–Kier alpha value is -0.0400. The number of rotatable bonds is 0. The summed E-state index contributed by atoms with van der Waals surface area (Å²) in [7, 11) is 0. The first-order valence-electron chi connectivity index (χ1n) is 6.22. The number of allylic oxidation sites excluding steroid dienone is 4. The highest BCUT2D eigenvalue weighted by Crippen LogP contribution is 2.67. The van der Waals surface area contributed by atoms with Crippen LogP contribution in [0.4, 0.5) is 0 Å². The molecule has 2 aliphatic carbocycles. The van der Waals surface area contributed by atoms with Crippen LogP contribution in [0.15, 0.2) is 21.7 Å². The third-order valence-electron chi connectivity index (χ3n) is 5.79. The summed E-state index contributed by atoms with van der Waals surface area (Å²) in [6.07, 6.45) is 4.79. The van der Waals surface area contributed by atoms with Gasteiger partial charge in [-0.25, -0.2) is 0 Å². The summed E-state index contributed by atoms with van der Waals surface area (Å²) >= 11 is 3.68. The molecule has 0 N–H and O–H groups in total. The van der Waals surface area contributed by atoms with Crippen LogP contribution in [0, 0.1) is 16.2 Å². The summed E-state index contributed by atoms with van der Waals surface area (Å²) in [6, 6.07) is 0. The molecule has 0 amide bonds. The van der Waals surface area contributed by atoms with Crippen LogP contribution in [0.25, 0.3) is 0 Å². The predicted octanol–water partition coefficient (Wildman–Crippen LogP) is 5.45. The van der Waals surface area contributed by atoms with Gasteiger partial charge < -0.3 is 0 Å². The summed E-state index contributed by atoms with van der Waals surface area (Å²) in [5, 5.41) is 0. The molecule has 2 aliphatic rings. The monoisotopic (exact) mass is 282 g/mol. The Morgan fingerprint density at radius 1 is 0.938 bits per heavy atom. The van der Waals surface area contributed by atoms with E-state index in [-0.39, 0.29) is 5.41 Å². The quantitative estimate of drug-likeness (QED) is 0.554. The molecule has 0 heterocycles. The summed E-state index contributed by atoms with van der Waals surface area (Å²) in [5.74, 6) is 0. The van der Waals surface area contributed by atoms with Gasteiger partial charge in [0.15, 0.2) is 0 Å². The molecule has 0 bridgehead atoms. The van der Waals surface area contributed by atoms with Gasteiger partial charge in [0.25, 0.3) is 0 Å². The van der Waals surface area contributed by atoms with Crippen molar-refractivity contribution in [2.45, 2.75) is 54.4 Å².